The largest absolute Gasteiger partial charge is 0.495 e. The summed E-state index contributed by atoms with van der Waals surface area (Å²) < 4.78 is 5.02. The van der Waals surface area contributed by atoms with Gasteiger partial charge in [0.25, 0.3) is 0 Å². The number of aromatic nitrogens is 1. The first kappa shape index (κ1) is 9.19. The lowest BCUT2D eigenvalue weighted by molar-refractivity contribution is 0.0854. The molecule has 0 aliphatic heterocycles. The number of ether oxygens (including phenoxy) is 1. The number of methoxy groups -OCH3 is 1. The Balaban J connectivity index is 2.18. The van der Waals surface area contributed by atoms with Gasteiger partial charge in [0, 0.05) is 17.7 Å². The topological polar surface area (TPSA) is 39.2 Å². The van der Waals surface area contributed by atoms with Crippen LogP contribution in [-0.2, 0) is 0 Å². The van der Waals surface area contributed by atoms with E-state index >= 15 is 0 Å². The normalized spacial score (nSPS) is 16.1. The molecule has 0 N–H and O–H groups in total. The highest BCUT2D eigenvalue weighted by Gasteiger charge is 2.26. The Morgan fingerprint density at radius 2 is 2.29 bits per heavy atom. The van der Waals surface area contributed by atoms with Crippen LogP contribution < -0.4 is 4.74 Å². The van der Waals surface area contributed by atoms with Crippen molar-refractivity contribution in [1.82, 2.24) is 4.98 Å². The fourth-order valence-electron chi connectivity index (χ4n) is 1.57. The lowest BCUT2D eigenvalue weighted by Gasteiger charge is -2.23. The molecule has 0 saturated heterocycles. The molecule has 3 nitrogen and oxygen atoms in total. The van der Waals surface area contributed by atoms with Crippen molar-refractivity contribution in [2.24, 2.45) is 5.92 Å². The zero-order valence-corrected chi connectivity index (χ0v) is 8.19. The van der Waals surface area contributed by atoms with Crippen LogP contribution in [0.25, 0.3) is 0 Å². The molecule has 1 aliphatic rings. The van der Waals surface area contributed by atoms with Crippen LogP contribution in [0.2, 0.25) is 0 Å². The number of carbonyl (C=O) groups excluding carboxylic acids is 1. The van der Waals surface area contributed by atoms with Gasteiger partial charge in [0.05, 0.1) is 13.3 Å². The van der Waals surface area contributed by atoms with E-state index in [4.69, 9.17) is 4.74 Å². The van der Waals surface area contributed by atoms with Crippen molar-refractivity contribution in [2.45, 2.75) is 19.3 Å². The molecule has 0 spiro atoms. The minimum Gasteiger partial charge on any atom is -0.495 e. The molecule has 1 fully saturated rings. The summed E-state index contributed by atoms with van der Waals surface area (Å²) in [6.07, 6.45) is 6.45. The van der Waals surface area contributed by atoms with Gasteiger partial charge < -0.3 is 4.74 Å². The quantitative estimate of drug-likeness (QED) is 0.686. The Morgan fingerprint density at radius 1 is 1.50 bits per heavy atom. The molecule has 3 heteroatoms. The van der Waals surface area contributed by atoms with E-state index in [1.807, 2.05) is 0 Å². The summed E-state index contributed by atoms with van der Waals surface area (Å²) in [7, 11) is 1.58. The Labute approximate surface area is 83.1 Å². The fraction of sp³-hybridized carbons (Fsp3) is 0.455. The number of pyridine rings is 1. The van der Waals surface area contributed by atoms with E-state index in [1.54, 1.807) is 25.6 Å². The fourth-order valence-corrected chi connectivity index (χ4v) is 1.57. The molecule has 0 radical (unpaired) electrons. The summed E-state index contributed by atoms with van der Waals surface area (Å²) >= 11 is 0. The molecule has 0 unspecified atom stereocenters. The van der Waals surface area contributed by atoms with Crippen LogP contribution in [0.4, 0.5) is 0 Å². The van der Waals surface area contributed by atoms with Gasteiger partial charge in [-0.05, 0) is 18.9 Å². The molecule has 0 amide bonds. The molecular weight excluding hydrogens is 178 g/mol. The monoisotopic (exact) mass is 191 g/mol. The highest BCUT2D eigenvalue weighted by Crippen LogP contribution is 2.30. The van der Waals surface area contributed by atoms with Gasteiger partial charge in [0.2, 0.25) is 0 Å². The summed E-state index contributed by atoms with van der Waals surface area (Å²) in [5.41, 5.74) is 0.675. The molecule has 1 aromatic rings. The lowest BCUT2D eigenvalue weighted by atomic mass is 9.80. The van der Waals surface area contributed by atoms with Gasteiger partial charge in [-0.3, -0.25) is 9.78 Å². The number of hydrogen-bond acceptors (Lipinski definition) is 3. The van der Waals surface area contributed by atoms with Crippen molar-refractivity contribution in [3.63, 3.8) is 0 Å². The number of carbonyl (C=O) groups is 1. The van der Waals surface area contributed by atoms with E-state index in [0.717, 1.165) is 12.8 Å². The first-order valence-electron chi connectivity index (χ1n) is 4.84. The average molecular weight is 191 g/mol. The SMILES string of the molecule is COc1cncc(C(=O)C2CCC2)c1. The van der Waals surface area contributed by atoms with Crippen LogP contribution in [-0.4, -0.2) is 17.9 Å². The molecule has 1 aromatic heterocycles. The van der Waals surface area contributed by atoms with E-state index in [2.05, 4.69) is 4.98 Å². The second kappa shape index (κ2) is 3.78. The van der Waals surface area contributed by atoms with Crippen molar-refractivity contribution in [1.29, 1.82) is 0 Å². The average Bonchev–Trinajstić information content (AvgIpc) is 2.15. The van der Waals surface area contributed by atoms with Gasteiger partial charge in [0.1, 0.15) is 5.75 Å². The second-order valence-corrected chi connectivity index (χ2v) is 3.61. The maximum absolute atomic E-state index is 11.8. The van der Waals surface area contributed by atoms with Gasteiger partial charge in [-0.2, -0.15) is 0 Å². The van der Waals surface area contributed by atoms with Gasteiger partial charge in [-0.25, -0.2) is 0 Å². The first-order chi connectivity index (χ1) is 6.81. The van der Waals surface area contributed by atoms with Crippen molar-refractivity contribution < 1.29 is 9.53 Å². The Hall–Kier alpha value is -1.38. The van der Waals surface area contributed by atoms with Crippen molar-refractivity contribution in [2.75, 3.05) is 7.11 Å². The van der Waals surface area contributed by atoms with E-state index < -0.39 is 0 Å². The van der Waals surface area contributed by atoms with Gasteiger partial charge in [-0.15, -0.1) is 0 Å². The summed E-state index contributed by atoms with van der Waals surface area (Å²) in [5, 5.41) is 0. The van der Waals surface area contributed by atoms with Gasteiger partial charge in [-0.1, -0.05) is 6.42 Å². The molecule has 2 rings (SSSR count). The predicted octanol–water partition coefficient (Wildman–Crippen LogP) is 2.07. The zero-order valence-electron chi connectivity index (χ0n) is 8.19. The van der Waals surface area contributed by atoms with Crippen LogP contribution in [0.15, 0.2) is 18.5 Å². The number of hydrogen-bond donors (Lipinski definition) is 0. The maximum atomic E-state index is 11.8. The Bertz CT molecular complexity index is 345. The smallest absolute Gasteiger partial charge is 0.167 e. The van der Waals surface area contributed by atoms with Crippen LogP contribution in [0, 0.1) is 5.92 Å². The second-order valence-electron chi connectivity index (χ2n) is 3.61. The third kappa shape index (κ3) is 1.62. The van der Waals surface area contributed by atoms with Crippen molar-refractivity contribution in [3.05, 3.63) is 24.0 Å². The number of ketones is 1. The molecule has 1 saturated carbocycles. The molecular formula is C11H13NO2. The molecule has 1 heterocycles. The highest BCUT2D eigenvalue weighted by molar-refractivity contribution is 5.98. The maximum Gasteiger partial charge on any atom is 0.167 e. The summed E-state index contributed by atoms with van der Waals surface area (Å²) in [5.74, 6) is 1.08. The molecule has 74 valence electrons. The summed E-state index contributed by atoms with van der Waals surface area (Å²) in [4.78, 5) is 15.8. The molecule has 14 heavy (non-hydrogen) atoms. The zero-order chi connectivity index (χ0) is 9.97. The van der Waals surface area contributed by atoms with Gasteiger partial charge >= 0.3 is 0 Å². The van der Waals surface area contributed by atoms with Crippen molar-refractivity contribution >= 4 is 5.78 Å². The van der Waals surface area contributed by atoms with Crippen LogP contribution >= 0.6 is 0 Å². The Morgan fingerprint density at radius 3 is 2.86 bits per heavy atom. The van der Waals surface area contributed by atoms with E-state index in [0.29, 0.717) is 11.3 Å². The standard InChI is InChI=1S/C11H13NO2/c1-14-10-5-9(6-12-7-10)11(13)8-3-2-4-8/h5-8H,2-4H2,1H3. The molecule has 1 aliphatic carbocycles. The molecule has 0 atom stereocenters. The molecule has 0 bridgehead atoms. The third-order valence-corrected chi connectivity index (χ3v) is 2.71. The van der Waals surface area contributed by atoms with E-state index in [1.165, 1.54) is 6.42 Å². The van der Waals surface area contributed by atoms with Crippen LogP contribution in [0.1, 0.15) is 29.6 Å². The molecule has 0 aromatic carbocycles. The van der Waals surface area contributed by atoms with Crippen LogP contribution in [0.5, 0.6) is 5.75 Å². The van der Waals surface area contributed by atoms with Crippen LogP contribution in [0.3, 0.4) is 0 Å². The predicted molar refractivity (Wildman–Crippen MR) is 52.5 cm³/mol. The third-order valence-electron chi connectivity index (χ3n) is 2.71. The number of rotatable bonds is 3. The van der Waals surface area contributed by atoms with Crippen molar-refractivity contribution in [3.8, 4) is 5.75 Å². The first-order valence-corrected chi connectivity index (χ1v) is 4.84. The van der Waals surface area contributed by atoms with Gasteiger partial charge in [0.15, 0.2) is 5.78 Å². The minimum absolute atomic E-state index is 0.211. The summed E-state index contributed by atoms with van der Waals surface area (Å²) in [6, 6.07) is 1.76. The van der Waals surface area contributed by atoms with E-state index in [-0.39, 0.29) is 11.7 Å². The number of Topliss-reactive ketones (excluding diaryl/α,β-unsaturated/α-hetero) is 1. The Kier molecular flexibility index (Phi) is 2.48. The highest BCUT2D eigenvalue weighted by atomic mass is 16.5. The minimum atomic E-state index is 0.211. The number of nitrogens with zero attached hydrogens (tertiary/aromatic N) is 1. The lowest BCUT2D eigenvalue weighted by Crippen LogP contribution is -2.22. The van der Waals surface area contributed by atoms with E-state index in [9.17, 15) is 4.79 Å². The summed E-state index contributed by atoms with van der Waals surface area (Å²) in [6.45, 7) is 0.